The lowest BCUT2D eigenvalue weighted by Crippen LogP contribution is -2.31. The fourth-order valence-electron chi connectivity index (χ4n) is 3.88. The van der Waals surface area contributed by atoms with E-state index in [0.29, 0.717) is 0 Å². The molecule has 30 heavy (non-hydrogen) atoms. The third kappa shape index (κ3) is 3.95. The minimum Gasteiger partial charge on any atom is -0.323 e. The van der Waals surface area contributed by atoms with Gasteiger partial charge < -0.3 is 5.32 Å². The molecule has 0 atom stereocenters. The van der Waals surface area contributed by atoms with Crippen LogP contribution in [-0.4, -0.2) is 31.6 Å². The van der Waals surface area contributed by atoms with E-state index in [2.05, 4.69) is 62.9 Å². The van der Waals surface area contributed by atoms with E-state index < -0.39 is 0 Å². The number of hydrogen-bond donors (Lipinski definition) is 2. The second kappa shape index (κ2) is 8.08. The molecule has 0 saturated carbocycles. The zero-order valence-electron chi connectivity index (χ0n) is 17.0. The Morgan fingerprint density at radius 1 is 1.00 bits per heavy atom. The summed E-state index contributed by atoms with van der Waals surface area (Å²) in [5.74, 6) is 2.37. The highest BCUT2D eigenvalue weighted by molar-refractivity contribution is 5.64. The minimum absolute atomic E-state index is 0.741. The van der Waals surface area contributed by atoms with Gasteiger partial charge in [0.05, 0.1) is 5.69 Å². The quantitative estimate of drug-likeness (QED) is 0.521. The summed E-state index contributed by atoms with van der Waals surface area (Å²) < 4.78 is 0. The smallest absolute Gasteiger partial charge is 0.161 e. The number of fused-ring (bicyclic) bond motifs is 1. The normalized spacial score (nSPS) is 13.8. The molecule has 0 radical (unpaired) electrons. The summed E-state index contributed by atoms with van der Waals surface area (Å²) in [6.45, 7) is 4.70. The molecule has 0 bridgehead atoms. The van der Waals surface area contributed by atoms with Crippen molar-refractivity contribution in [1.82, 2.24) is 25.1 Å². The maximum absolute atomic E-state index is 4.96. The topological polar surface area (TPSA) is 69.7 Å². The van der Waals surface area contributed by atoms with Crippen molar-refractivity contribution in [3.63, 3.8) is 0 Å². The van der Waals surface area contributed by atoms with Gasteiger partial charge in [-0.15, -0.1) is 0 Å². The van der Waals surface area contributed by atoms with E-state index in [1.54, 1.807) is 0 Å². The number of benzene rings is 2. The van der Waals surface area contributed by atoms with Gasteiger partial charge in [0.2, 0.25) is 0 Å². The number of nitrogens with one attached hydrogen (secondary N) is 2. The maximum atomic E-state index is 4.96. The van der Waals surface area contributed by atoms with Gasteiger partial charge in [-0.2, -0.15) is 5.10 Å². The number of anilines is 2. The molecule has 6 heteroatoms. The minimum atomic E-state index is 0.741. The number of hydrogen-bond acceptors (Lipinski definition) is 5. The molecule has 6 nitrogen and oxygen atoms in total. The van der Waals surface area contributed by atoms with Crippen LogP contribution in [-0.2, 0) is 19.5 Å². The Bertz CT molecular complexity index is 1140. The van der Waals surface area contributed by atoms with E-state index in [4.69, 9.17) is 9.97 Å². The van der Waals surface area contributed by atoms with Crippen LogP contribution < -0.4 is 5.32 Å². The molecule has 4 aromatic rings. The summed E-state index contributed by atoms with van der Waals surface area (Å²) >= 11 is 0. The zero-order chi connectivity index (χ0) is 20.3. The van der Waals surface area contributed by atoms with Crippen molar-refractivity contribution < 1.29 is 0 Å². The maximum Gasteiger partial charge on any atom is 0.161 e. The zero-order valence-corrected chi connectivity index (χ0v) is 17.0. The highest BCUT2D eigenvalue weighted by atomic mass is 15.2. The van der Waals surface area contributed by atoms with Crippen molar-refractivity contribution in [3.8, 4) is 11.4 Å². The van der Waals surface area contributed by atoms with Gasteiger partial charge in [0, 0.05) is 42.5 Å². The van der Waals surface area contributed by atoms with Crippen molar-refractivity contribution in [3.05, 3.63) is 89.2 Å². The predicted octanol–water partition coefficient (Wildman–Crippen LogP) is 4.48. The van der Waals surface area contributed by atoms with Gasteiger partial charge in [0.25, 0.3) is 0 Å². The van der Waals surface area contributed by atoms with Gasteiger partial charge in [-0.1, -0.05) is 60.7 Å². The molecule has 2 N–H and O–H groups in total. The van der Waals surface area contributed by atoms with E-state index in [9.17, 15) is 0 Å². The van der Waals surface area contributed by atoms with Crippen LogP contribution in [0.3, 0.4) is 0 Å². The van der Waals surface area contributed by atoms with Gasteiger partial charge in [-0.25, -0.2) is 9.97 Å². The number of nitrogens with zero attached hydrogens (tertiary/aromatic N) is 4. The second-order valence-electron chi connectivity index (χ2n) is 7.69. The molecule has 3 heterocycles. The predicted molar refractivity (Wildman–Crippen MR) is 118 cm³/mol. The van der Waals surface area contributed by atoms with Crippen molar-refractivity contribution in [1.29, 1.82) is 0 Å². The molecule has 0 aliphatic carbocycles. The van der Waals surface area contributed by atoms with E-state index in [1.165, 1.54) is 11.1 Å². The van der Waals surface area contributed by atoms with Crippen LogP contribution in [0, 0.1) is 6.92 Å². The third-order valence-electron chi connectivity index (χ3n) is 5.38. The highest BCUT2D eigenvalue weighted by Gasteiger charge is 2.23. The Hall–Kier alpha value is -3.51. The van der Waals surface area contributed by atoms with Gasteiger partial charge in [0.15, 0.2) is 11.6 Å². The summed E-state index contributed by atoms with van der Waals surface area (Å²) in [4.78, 5) is 12.3. The second-order valence-corrected chi connectivity index (χ2v) is 7.69. The van der Waals surface area contributed by atoms with Crippen molar-refractivity contribution in [2.45, 2.75) is 26.4 Å². The molecular weight excluding hydrogens is 372 g/mol. The van der Waals surface area contributed by atoms with E-state index in [0.717, 1.165) is 60.5 Å². The summed E-state index contributed by atoms with van der Waals surface area (Å²) in [6.07, 6.45) is 0.906. The number of aromatic amines is 1. The first-order valence-electron chi connectivity index (χ1n) is 10.2. The first kappa shape index (κ1) is 18.5. The number of rotatable bonds is 5. The fraction of sp³-hybridized carbons (Fsp3) is 0.208. The van der Waals surface area contributed by atoms with Crippen LogP contribution in [0.5, 0.6) is 0 Å². The highest BCUT2D eigenvalue weighted by Crippen LogP contribution is 2.29. The van der Waals surface area contributed by atoms with E-state index in [1.807, 2.05) is 31.2 Å². The monoisotopic (exact) mass is 396 g/mol. The van der Waals surface area contributed by atoms with E-state index in [-0.39, 0.29) is 0 Å². The largest absolute Gasteiger partial charge is 0.323 e. The summed E-state index contributed by atoms with van der Waals surface area (Å²) in [7, 11) is 0. The Kier molecular flexibility index (Phi) is 4.99. The molecule has 1 aliphatic rings. The SMILES string of the molecule is Cc1cc(Nc2nc(-c3ccccc3)nc3c2CCN(Cc2ccccc2)C3)n[nH]1. The van der Waals surface area contributed by atoms with Crippen molar-refractivity contribution in [2.24, 2.45) is 0 Å². The van der Waals surface area contributed by atoms with Crippen LogP contribution >= 0.6 is 0 Å². The average molecular weight is 396 g/mol. The Balaban J connectivity index is 1.49. The standard InChI is InChI=1S/C24H24N6/c1-17-14-22(29-28-17)26-24-20-12-13-30(15-18-8-4-2-5-9-18)16-21(20)25-23(27-24)19-10-6-3-7-11-19/h2-11,14H,12-13,15-16H2,1H3,(H2,25,26,27,28,29). The molecule has 0 spiro atoms. The lowest BCUT2D eigenvalue weighted by molar-refractivity contribution is 0.241. The molecule has 1 aliphatic heterocycles. The molecule has 0 fully saturated rings. The van der Waals surface area contributed by atoms with Crippen LogP contribution in [0.4, 0.5) is 11.6 Å². The summed E-state index contributed by atoms with van der Waals surface area (Å²) in [6, 6.07) is 22.7. The molecular formula is C24H24N6. The summed E-state index contributed by atoms with van der Waals surface area (Å²) in [5, 5.41) is 10.7. The van der Waals surface area contributed by atoms with Crippen LogP contribution in [0.1, 0.15) is 22.5 Å². The molecule has 2 aromatic heterocycles. The third-order valence-corrected chi connectivity index (χ3v) is 5.38. The first-order valence-corrected chi connectivity index (χ1v) is 10.2. The Labute approximate surface area is 176 Å². The molecule has 2 aromatic carbocycles. The first-order chi connectivity index (χ1) is 14.7. The molecule has 0 unspecified atom stereocenters. The number of aromatic nitrogens is 4. The average Bonchev–Trinajstić information content (AvgIpc) is 3.19. The van der Waals surface area contributed by atoms with Crippen molar-refractivity contribution in [2.75, 3.05) is 11.9 Å². The van der Waals surface area contributed by atoms with Crippen LogP contribution in [0.2, 0.25) is 0 Å². The molecule has 5 rings (SSSR count). The number of H-pyrrole nitrogens is 1. The molecule has 0 amide bonds. The summed E-state index contributed by atoms with van der Waals surface area (Å²) in [5.41, 5.74) is 5.61. The fourth-order valence-corrected chi connectivity index (χ4v) is 3.88. The lowest BCUT2D eigenvalue weighted by Gasteiger charge is -2.29. The van der Waals surface area contributed by atoms with Gasteiger partial charge in [-0.3, -0.25) is 10.00 Å². The number of aryl methyl sites for hydroxylation is 1. The van der Waals surface area contributed by atoms with Crippen LogP contribution in [0.15, 0.2) is 66.7 Å². The molecule has 0 saturated heterocycles. The molecule has 150 valence electrons. The Morgan fingerprint density at radius 2 is 1.77 bits per heavy atom. The van der Waals surface area contributed by atoms with Gasteiger partial charge in [-0.05, 0) is 18.9 Å². The Morgan fingerprint density at radius 3 is 2.50 bits per heavy atom. The van der Waals surface area contributed by atoms with Gasteiger partial charge >= 0.3 is 0 Å². The lowest BCUT2D eigenvalue weighted by atomic mass is 10.0. The van der Waals surface area contributed by atoms with E-state index >= 15 is 0 Å². The van der Waals surface area contributed by atoms with Gasteiger partial charge in [0.1, 0.15) is 5.82 Å². The van der Waals surface area contributed by atoms with Crippen LogP contribution in [0.25, 0.3) is 11.4 Å². The van der Waals surface area contributed by atoms with Crippen molar-refractivity contribution >= 4 is 11.6 Å².